The molecule has 1 N–H and O–H groups in total. The molecule has 7 heteroatoms. The summed E-state index contributed by atoms with van der Waals surface area (Å²) in [5, 5.41) is 2.76. The lowest BCUT2D eigenvalue weighted by atomic mass is 9.96. The molecule has 0 fully saturated rings. The second kappa shape index (κ2) is 7.95. The molecule has 1 aromatic heterocycles. The molecule has 150 valence electrons. The Hall–Kier alpha value is -3.35. The molecule has 29 heavy (non-hydrogen) atoms. The number of halogens is 3. The van der Waals surface area contributed by atoms with Gasteiger partial charge in [0.2, 0.25) is 11.8 Å². The van der Waals surface area contributed by atoms with Crippen LogP contribution in [0.15, 0.2) is 54.7 Å². The molecule has 0 unspecified atom stereocenters. The molecular weight excluding hydrogens is 381 g/mol. The number of nitrogens with one attached hydrogen (secondary N) is 1. The number of hydrogen-bond acceptors (Lipinski definition) is 3. The number of alkyl halides is 3. The molecule has 4 nitrogen and oxygen atoms in total. The van der Waals surface area contributed by atoms with Crippen LogP contribution in [-0.4, -0.2) is 10.9 Å². The minimum absolute atomic E-state index is 0.0842. The zero-order valence-corrected chi connectivity index (χ0v) is 16.1. The fourth-order valence-corrected chi connectivity index (χ4v) is 2.91. The first-order valence-corrected chi connectivity index (χ1v) is 8.84. The lowest BCUT2D eigenvalue weighted by molar-refractivity contribution is -0.137. The van der Waals surface area contributed by atoms with Gasteiger partial charge in [-0.05, 0) is 60.4 Å². The van der Waals surface area contributed by atoms with E-state index in [1.54, 1.807) is 12.1 Å². The summed E-state index contributed by atoms with van der Waals surface area (Å²) < 4.78 is 43.7. The molecule has 0 aliphatic heterocycles. The predicted octanol–water partition coefficient (Wildman–Crippen LogP) is 6.13. The number of carbonyl (C=O) groups is 1. The minimum atomic E-state index is -4.44. The van der Waals surface area contributed by atoms with Crippen LogP contribution in [0.5, 0.6) is 11.6 Å². The summed E-state index contributed by atoms with van der Waals surface area (Å²) in [6.45, 7) is 5.25. The molecule has 1 heterocycles. The van der Waals surface area contributed by atoms with Crippen molar-refractivity contribution in [3.63, 3.8) is 0 Å². The lowest BCUT2D eigenvalue weighted by Crippen LogP contribution is -2.05. The predicted molar refractivity (Wildman–Crippen MR) is 105 cm³/mol. The van der Waals surface area contributed by atoms with Crippen molar-refractivity contribution in [2.75, 3.05) is 5.32 Å². The highest BCUT2D eigenvalue weighted by Crippen LogP contribution is 2.35. The topological polar surface area (TPSA) is 51.2 Å². The standard InChI is InChI=1S/C22H19F3N2O2/c1-13-14(2)20(29-21-10-7-17(12-26-21)22(23,24)25)9-8-19(13)16-5-4-6-18(11-16)27-15(3)28/h4-12H,1-3H3,(H,27,28). The molecule has 0 bridgehead atoms. The van der Waals surface area contributed by atoms with E-state index in [0.29, 0.717) is 11.4 Å². The van der Waals surface area contributed by atoms with Gasteiger partial charge in [-0.15, -0.1) is 0 Å². The van der Waals surface area contributed by atoms with E-state index >= 15 is 0 Å². The van der Waals surface area contributed by atoms with E-state index in [1.807, 2.05) is 38.1 Å². The second-order valence-corrected chi connectivity index (χ2v) is 6.61. The number of aromatic nitrogens is 1. The van der Waals surface area contributed by atoms with Crippen molar-refractivity contribution in [1.29, 1.82) is 0 Å². The van der Waals surface area contributed by atoms with E-state index in [4.69, 9.17) is 4.74 Å². The van der Waals surface area contributed by atoms with Gasteiger partial charge in [0.1, 0.15) is 5.75 Å². The fourth-order valence-electron chi connectivity index (χ4n) is 2.91. The third-order valence-corrected chi connectivity index (χ3v) is 4.51. The number of pyridine rings is 1. The summed E-state index contributed by atoms with van der Waals surface area (Å²) in [4.78, 5) is 15.0. The van der Waals surface area contributed by atoms with Gasteiger partial charge in [-0.25, -0.2) is 4.98 Å². The first-order chi connectivity index (χ1) is 13.6. The Balaban J connectivity index is 1.87. The number of amides is 1. The molecular formula is C22H19F3N2O2. The molecule has 1 amide bonds. The van der Waals surface area contributed by atoms with Crippen molar-refractivity contribution in [3.05, 3.63) is 71.4 Å². The van der Waals surface area contributed by atoms with Crippen molar-refractivity contribution in [1.82, 2.24) is 4.98 Å². The van der Waals surface area contributed by atoms with E-state index < -0.39 is 11.7 Å². The maximum absolute atomic E-state index is 12.7. The minimum Gasteiger partial charge on any atom is -0.439 e. The van der Waals surface area contributed by atoms with Crippen molar-refractivity contribution < 1.29 is 22.7 Å². The van der Waals surface area contributed by atoms with Gasteiger partial charge in [0.05, 0.1) is 5.56 Å². The van der Waals surface area contributed by atoms with Gasteiger partial charge in [0, 0.05) is 24.9 Å². The summed E-state index contributed by atoms with van der Waals surface area (Å²) in [5.41, 5.74) is 3.55. The number of anilines is 1. The number of hydrogen-bond donors (Lipinski definition) is 1. The second-order valence-electron chi connectivity index (χ2n) is 6.61. The van der Waals surface area contributed by atoms with Crippen LogP contribution >= 0.6 is 0 Å². The highest BCUT2D eigenvalue weighted by molar-refractivity contribution is 5.89. The van der Waals surface area contributed by atoms with E-state index in [1.165, 1.54) is 13.0 Å². The molecule has 0 radical (unpaired) electrons. The van der Waals surface area contributed by atoms with Crippen LogP contribution in [0.4, 0.5) is 18.9 Å². The Morgan fingerprint density at radius 1 is 1.03 bits per heavy atom. The van der Waals surface area contributed by atoms with E-state index in [2.05, 4.69) is 10.3 Å². The highest BCUT2D eigenvalue weighted by Gasteiger charge is 2.30. The SMILES string of the molecule is CC(=O)Nc1cccc(-c2ccc(Oc3ccc(C(F)(F)F)cn3)c(C)c2C)c1. The van der Waals surface area contributed by atoms with Crippen molar-refractivity contribution in [2.24, 2.45) is 0 Å². The summed E-state index contributed by atoms with van der Waals surface area (Å²) in [6.07, 6.45) is -3.69. The van der Waals surface area contributed by atoms with Crippen molar-refractivity contribution >= 4 is 11.6 Å². The Morgan fingerprint density at radius 3 is 2.41 bits per heavy atom. The van der Waals surface area contributed by atoms with E-state index in [-0.39, 0.29) is 11.8 Å². The largest absolute Gasteiger partial charge is 0.439 e. The molecule has 0 aliphatic rings. The van der Waals surface area contributed by atoms with Gasteiger partial charge < -0.3 is 10.1 Å². The molecule has 3 rings (SSSR count). The average Bonchev–Trinajstić information content (AvgIpc) is 2.65. The first kappa shape index (κ1) is 20.4. The van der Waals surface area contributed by atoms with Gasteiger partial charge in [-0.2, -0.15) is 13.2 Å². The van der Waals surface area contributed by atoms with Crippen LogP contribution in [0.2, 0.25) is 0 Å². The van der Waals surface area contributed by atoms with Crippen LogP contribution in [0.1, 0.15) is 23.6 Å². The Bertz CT molecular complexity index is 1040. The zero-order valence-electron chi connectivity index (χ0n) is 16.1. The van der Waals surface area contributed by atoms with Crippen LogP contribution in [0, 0.1) is 13.8 Å². The molecule has 0 atom stereocenters. The highest BCUT2D eigenvalue weighted by atomic mass is 19.4. The van der Waals surface area contributed by atoms with Gasteiger partial charge in [-0.3, -0.25) is 4.79 Å². The van der Waals surface area contributed by atoms with Gasteiger partial charge >= 0.3 is 6.18 Å². The maximum Gasteiger partial charge on any atom is 0.417 e. The third-order valence-electron chi connectivity index (χ3n) is 4.51. The first-order valence-electron chi connectivity index (χ1n) is 8.84. The van der Waals surface area contributed by atoms with E-state index in [0.717, 1.165) is 34.5 Å². The number of carbonyl (C=O) groups excluding carboxylic acids is 1. The molecule has 2 aromatic carbocycles. The van der Waals surface area contributed by atoms with Gasteiger partial charge in [0.25, 0.3) is 0 Å². The van der Waals surface area contributed by atoms with Crippen LogP contribution < -0.4 is 10.1 Å². The van der Waals surface area contributed by atoms with Crippen molar-refractivity contribution in [3.8, 4) is 22.8 Å². The number of ether oxygens (including phenoxy) is 1. The fraction of sp³-hybridized carbons (Fsp3) is 0.182. The summed E-state index contributed by atoms with van der Waals surface area (Å²) in [7, 11) is 0. The van der Waals surface area contributed by atoms with Crippen molar-refractivity contribution in [2.45, 2.75) is 26.9 Å². The number of nitrogens with zero attached hydrogens (tertiary/aromatic N) is 1. The monoisotopic (exact) mass is 400 g/mol. The van der Waals surface area contributed by atoms with Crippen LogP contribution in [0.25, 0.3) is 11.1 Å². The molecule has 0 saturated heterocycles. The number of benzene rings is 2. The van der Waals surface area contributed by atoms with E-state index in [9.17, 15) is 18.0 Å². The Morgan fingerprint density at radius 2 is 1.79 bits per heavy atom. The average molecular weight is 400 g/mol. The van der Waals surface area contributed by atoms with Crippen LogP contribution in [0.3, 0.4) is 0 Å². The number of rotatable bonds is 4. The van der Waals surface area contributed by atoms with Gasteiger partial charge in [-0.1, -0.05) is 18.2 Å². The lowest BCUT2D eigenvalue weighted by Gasteiger charge is -2.15. The normalized spacial score (nSPS) is 11.2. The zero-order chi connectivity index (χ0) is 21.2. The quantitative estimate of drug-likeness (QED) is 0.573. The maximum atomic E-state index is 12.7. The molecule has 0 aliphatic carbocycles. The third kappa shape index (κ3) is 4.74. The van der Waals surface area contributed by atoms with Gasteiger partial charge in [0.15, 0.2) is 0 Å². The Kier molecular flexibility index (Phi) is 5.59. The summed E-state index contributed by atoms with van der Waals surface area (Å²) in [5.74, 6) is 0.445. The smallest absolute Gasteiger partial charge is 0.417 e. The summed E-state index contributed by atoms with van der Waals surface area (Å²) in [6, 6.07) is 13.2. The Labute approximate surface area is 166 Å². The summed E-state index contributed by atoms with van der Waals surface area (Å²) >= 11 is 0. The molecule has 0 spiro atoms. The molecule has 3 aromatic rings. The molecule has 0 saturated carbocycles. The van der Waals surface area contributed by atoms with Crippen LogP contribution in [-0.2, 0) is 11.0 Å².